The Labute approximate surface area is 155 Å². The molecule has 1 aliphatic rings. The van der Waals surface area contributed by atoms with Gasteiger partial charge in [-0.25, -0.2) is 0 Å². The molecule has 4 heteroatoms. The van der Waals surface area contributed by atoms with Gasteiger partial charge in [-0.3, -0.25) is 9.59 Å². The van der Waals surface area contributed by atoms with Crippen molar-refractivity contribution >= 4 is 11.8 Å². The van der Waals surface area contributed by atoms with Gasteiger partial charge < -0.3 is 9.80 Å². The molecule has 2 aromatic carbocycles. The number of carbonyl (C=O) groups is 2. The number of hydrogen-bond donors (Lipinski definition) is 0. The van der Waals surface area contributed by atoms with Gasteiger partial charge in [0.2, 0.25) is 5.91 Å². The fraction of sp³-hybridized carbons (Fsp3) is 0.364. The molecule has 0 aliphatic carbocycles. The Hall–Kier alpha value is -2.62. The van der Waals surface area contributed by atoms with Crippen LogP contribution in [0.25, 0.3) is 0 Å². The lowest BCUT2D eigenvalue weighted by molar-refractivity contribution is -0.136. The van der Waals surface area contributed by atoms with Gasteiger partial charge >= 0.3 is 0 Å². The summed E-state index contributed by atoms with van der Waals surface area (Å²) in [5.74, 6) is 0.246. The molecule has 0 bridgehead atoms. The highest BCUT2D eigenvalue weighted by atomic mass is 16.2. The third-order valence-corrected chi connectivity index (χ3v) is 5.07. The molecule has 0 saturated carbocycles. The molecule has 1 aliphatic heterocycles. The van der Waals surface area contributed by atoms with Crippen molar-refractivity contribution in [3.05, 3.63) is 71.3 Å². The van der Waals surface area contributed by atoms with E-state index >= 15 is 0 Å². The molecular formula is C22H26N2O2. The molecule has 0 atom stereocenters. The molecule has 0 N–H and O–H groups in total. The predicted molar refractivity (Wildman–Crippen MR) is 103 cm³/mol. The van der Waals surface area contributed by atoms with Crippen molar-refractivity contribution in [3.8, 4) is 0 Å². The van der Waals surface area contributed by atoms with Gasteiger partial charge in [0.1, 0.15) is 0 Å². The highest BCUT2D eigenvalue weighted by molar-refractivity contribution is 5.94. The number of carbonyl (C=O) groups excluding carboxylic acids is 2. The minimum atomic E-state index is 0.00535. The third-order valence-electron chi connectivity index (χ3n) is 5.07. The number of likely N-dealkylation sites (tertiary alicyclic amines) is 1. The van der Waals surface area contributed by atoms with Crippen molar-refractivity contribution in [3.63, 3.8) is 0 Å². The van der Waals surface area contributed by atoms with E-state index in [1.54, 1.807) is 4.90 Å². The van der Waals surface area contributed by atoms with Gasteiger partial charge in [0.25, 0.3) is 5.91 Å². The fourth-order valence-electron chi connectivity index (χ4n) is 3.46. The molecule has 4 nitrogen and oxygen atoms in total. The smallest absolute Gasteiger partial charge is 0.253 e. The van der Waals surface area contributed by atoms with E-state index < -0.39 is 0 Å². The largest absolute Gasteiger partial charge is 0.341 e. The van der Waals surface area contributed by atoms with Crippen LogP contribution in [0.1, 0.15) is 34.3 Å². The van der Waals surface area contributed by atoms with Gasteiger partial charge in [-0.2, -0.15) is 0 Å². The lowest BCUT2D eigenvalue weighted by atomic mass is 9.94. The van der Waals surface area contributed by atoms with Crippen LogP contribution in [0.2, 0.25) is 0 Å². The van der Waals surface area contributed by atoms with E-state index in [0.29, 0.717) is 19.6 Å². The second-order valence-electron chi connectivity index (χ2n) is 7.11. The minimum absolute atomic E-state index is 0.00535. The van der Waals surface area contributed by atoms with Crippen LogP contribution < -0.4 is 0 Å². The van der Waals surface area contributed by atoms with Gasteiger partial charge in [-0.1, -0.05) is 48.0 Å². The van der Waals surface area contributed by atoms with Crippen LogP contribution in [0.4, 0.5) is 0 Å². The first-order valence-electron chi connectivity index (χ1n) is 9.19. The van der Waals surface area contributed by atoms with Crippen LogP contribution in [0.5, 0.6) is 0 Å². The number of piperidine rings is 1. The van der Waals surface area contributed by atoms with E-state index in [0.717, 1.165) is 29.5 Å². The highest BCUT2D eigenvalue weighted by Gasteiger charge is 2.29. The third kappa shape index (κ3) is 4.31. The second-order valence-corrected chi connectivity index (χ2v) is 7.11. The summed E-state index contributed by atoms with van der Waals surface area (Å²) in [6.07, 6.45) is 1.46. The second kappa shape index (κ2) is 8.17. The van der Waals surface area contributed by atoms with Crippen molar-refractivity contribution in [1.29, 1.82) is 0 Å². The van der Waals surface area contributed by atoms with Gasteiger partial charge in [0, 0.05) is 38.2 Å². The summed E-state index contributed by atoms with van der Waals surface area (Å²) in [6, 6.07) is 17.7. The zero-order chi connectivity index (χ0) is 18.5. The van der Waals surface area contributed by atoms with E-state index in [4.69, 9.17) is 0 Å². The first kappa shape index (κ1) is 18.2. The van der Waals surface area contributed by atoms with Gasteiger partial charge in [-0.15, -0.1) is 0 Å². The highest BCUT2D eigenvalue weighted by Crippen LogP contribution is 2.22. The normalized spacial score (nSPS) is 14.9. The first-order valence-corrected chi connectivity index (χ1v) is 9.19. The molecule has 1 saturated heterocycles. The molecule has 26 heavy (non-hydrogen) atoms. The maximum atomic E-state index is 12.7. The Balaban J connectivity index is 1.53. The molecule has 0 unspecified atom stereocenters. The predicted octanol–water partition coefficient (Wildman–Crippen LogP) is 3.51. The summed E-state index contributed by atoms with van der Waals surface area (Å²) in [7, 11) is 1.86. The Kier molecular flexibility index (Phi) is 5.71. The molecular weight excluding hydrogens is 324 g/mol. The summed E-state index contributed by atoms with van der Waals surface area (Å²) in [5, 5.41) is 0. The molecule has 0 aromatic heterocycles. The first-order chi connectivity index (χ1) is 12.5. The van der Waals surface area contributed by atoms with Crippen molar-refractivity contribution in [2.45, 2.75) is 26.3 Å². The van der Waals surface area contributed by atoms with Crippen LogP contribution in [0.15, 0.2) is 54.6 Å². The fourth-order valence-corrected chi connectivity index (χ4v) is 3.46. The Morgan fingerprint density at radius 3 is 2.23 bits per heavy atom. The number of rotatable bonds is 4. The van der Waals surface area contributed by atoms with Crippen LogP contribution in [0, 0.1) is 12.8 Å². The number of amides is 2. The van der Waals surface area contributed by atoms with Crippen molar-refractivity contribution < 1.29 is 9.59 Å². The minimum Gasteiger partial charge on any atom is -0.341 e. The van der Waals surface area contributed by atoms with Gasteiger partial charge in [0.15, 0.2) is 0 Å². The van der Waals surface area contributed by atoms with E-state index in [1.165, 1.54) is 0 Å². The van der Waals surface area contributed by atoms with E-state index in [1.807, 2.05) is 73.5 Å². The van der Waals surface area contributed by atoms with Crippen molar-refractivity contribution in [1.82, 2.24) is 9.80 Å². The summed E-state index contributed by atoms with van der Waals surface area (Å²) < 4.78 is 0. The van der Waals surface area contributed by atoms with E-state index in [9.17, 15) is 9.59 Å². The monoisotopic (exact) mass is 350 g/mol. The molecule has 136 valence electrons. The zero-order valence-electron chi connectivity index (χ0n) is 15.5. The van der Waals surface area contributed by atoms with Crippen LogP contribution in [-0.4, -0.2) is 41.8 Å². The molecule has 3 rings (SSSR count). The SMILES string of the molecule is Cc1ccc(C(=O)N2CCC(C(=O)N(C)Cc3ccccc3)CC2)cc1. The number of hydrogen-bond acceptors (Lipinski definition) is 2. The van der Waals surface area contributed by atoms with Crippen LogP contribution >= 0.6 is 0 Å². The standard InChI is InChI=1S/C22H26N2O2/c1-17-8-10-19(11-9-17)22(26)24-14-12-20(13-15-24)21(25)23(2)16-18-6-4-3-5-7-18/h3-11,20H,12-16H2,1-2H3. The number of aryl methyl sites for hydroxylation is 1. The quantitative estimate of drug-likeness (QED) is 0.847. The Bertz CT molecular complexity index is 747. The molecule has 2 aromatic rings. The van der Waals surface area contributed by atoms with Crippen molar-refractivity contribution in [2.75, 3.05) is 20.1 Å². The summed E-state index contributed by atoms with van der Waals surface area (Å²) in [5.41, 5.74) is 3.00. The number of nitrogens with zero attached hydrogens (tertiary/aromatic N) is 2. The van der Waals surface area contributed by atoms with Crippen LogP contribution in [-0.2, 0) is 11.3 Å². The van der Waals surface area contributed by atoms with Gasteiger partial charge in [-0.05, 0) is 37.5 Å². The zero-order valence-corrected chi connectivity index (χ0v) is 15.5. The molecule has 1 fully saturated rings. The topological polar surface area (TPSA) is 40.6 Å². The summed E-state index contributed by atoms with van der Waals surface area (Å²) in [4.78, 5) is 29.0. The lowest BCUT2D eigenvalue weighted by Crippen LogP contribution is -2.43. The Morgan fingerprint density at radius 1 is 1.00 bits per heavy atom. The van der Waals surface area contributed by atoms with E-state index in [2.05, 4.69) is 0 Å². The average molecular weight is 350 g/mol. The van der Waals surface area contributed by atoms with Gasteiger partial charge in [0.05, 0.1) is 0 Å². The lowest BCUT2D eigenvalue weighted by Gasteiger charge is -2.33. The Morgan fingerprint density at radius 2 is 1.62 bits per heavy atom. The maximum absolute atomic E-state index is 12.7. The summed E-state index contributed by atoms with van der Waals surface area (Å²) in [6.45, 7) is 3.92. The van der Waals surface area contributed by atoms with Crippen LogP contribution in [0.3, 0.4) is 0 Å². The maximum Gasteiger partial charge on any atom is 0.253 e. The molecule has 2 amide bonds. The summed E-state index contributed by atoms with van der Waals surface area (Å²) >= 11 is 0. The number of benzene rings is 2. The molecule has 0 spiro atoms. The average Bonchev–Trinajstić information content (AvgIpc) is 2.68. The van der Waals surface area contributed by atoms with E-state index in [-0.39, 0.29) is 17.7 Å². The molecule has 1 heterocycles. The van der Waals surface area contributed by atoms with Crippen molar-refractivity contribution in [2.24, 2.45) is 5.92 Å². The molecule has 0 radical (unpaired) electrons.